The first-order valence-electron chi connectivity index (χ1n) is 9.06. The highest BCUT2D eigenvalue weighted by atomic mass is 32.2. The number of hydrogen-bond acceptors (Lipinski definition) is 6. The number of carbonyl (C=O) groups is 1. The summed E-state index contributed by atoms with van der Waals surface area (Å²) in [5.74, 6) is 0.130. The van der Waals surface area contributed by atoms with Crippen molar-refractivity contribution in [2.24, 2.45) is 5.92 Å². The smallest absolute Gasteiger partial charge is 0.237 e. The van der Waals surface area contributed by atoms with Crippen LogP contribution in [0.15, 0.2) is 29.4 Å². The molecule has 1 aromatic rings. The summed E-state index contributed by atoms with van der Waals surface area (Å²) < 4.78 is 24.9. The Labute approximate surface area is 154 Å². The van der Waals surface area contributed by atoms with Gasteiger partial charge in [-0.05, 0) is 50.2 Å². The van der Waals surface area contributed by atoms with E-state index in [4.69, 9.17) is 5.26 Å². The van der Waals surface area contributed by atoms with Crippen molar-refractivity contribution in [1.29, 1.82) is 5.26 Å². The molecule has 3 rings (SSSR count). The molecule has 1 aliphatic carbocycles. The lowest BCUT2D eigenvalue weighted by Crippen LogP contribution is -2.43. The van der Waals surface area contributed by atoms with Crippen LogP contribution >= 0.6 is 0 Å². The van der Waals surface area contributed by atoms with Crippen molar-refractivity contribution < 1.29 is 13.2 Å². The molecule has 3 atom stereocenters. The number of hydrogen-bond donors (Lipinski definition) is 1. The Kier molecular flexibility index (Phi) is 5.89. The molecule has 2 heterocycles. The molecular weight excluding hydrogens is 352 g/mol. The van der Waals surface area contributed by atoms with Crippen molar-refractivity contribution in [3.63, 3.8) is 0 Å². The van der Waals surface area contributed by atoms with E-state index in [-0.39, 0.29) is 41.2 Å². The first-order valence-corrected chi connectivity index (χ1v) is 10.7. The summed E-state index contributed by atoms with van der Waals surface area (Å²) in [7, 11) is -3.37. The van der Waals surface area contributed by atoms with E-state index in [2.05, 4.69) is 16.4 Å². The van der Waals surface area contributed by atoms with Gasteiger partial charge < -0.3 is 10.2 Å². The molecule has 1 amide bonds. The van der Waals surface area contributed by atoms with Crippen LogP contribution < -0.4 is 5.32 Å². The lowest BCUT2D eigenvalue weighted by Gasteiger charge is -2.21. The standard InChI is InChI=1S/C18H24N4O3S/c19-11-16-4-3-9-22(16)18(23)12-21-15-7-6-14(10-15)13-26(24,25)17-5-1-2-8-20-17/h1-2,5,8,14-16,21H,3-4,6-7,9-10,12-13H2/t14-,15+,16+/m1/s1. The zero-order valence-electron chi connectivity index (χ0n) is 14.7. The monoisotopic (exact) mass is 376 g/mol. The van der Waals surface area contributed by atoms with E-state index >= 15 is 0 Å². The predicted octanol–water partition coefficient (Wildman–Crippen LogP) is 1.13. The topological polar surface area (TPSA) is 103 Å². The molecule has 0 spiro atoms. The highest BCUT2D eigenvalue weighted by Crippen LogP contribution is 2.28. The molecule has 8 heteroatoms. The summed E-state index contributed by atoms with van der Waals surface area (Å²) in [4.78, 5) is 17.9. The van der Waals surface area contributed by atoms with E-state index in [0.717, 1.165) is 32.1 Å². The van der Waals surface area contributed by atoms with Crippen LogP contribution in [0.25, 0.3) is 0 Å². The summed E-state index contributed by atoms with van der Waals surface area (Å²) >= 11 is 0. The second-order valence-electron chi connectivity index (χ2n) is 7.08. The Balaban J connectivity index is 1.47. The van der Waals surface area contributed by atoms with Crippen molar-refractivity contribution >= 4 is 15.7 Å². The SMILES string of the molecule is N#C[C@@H]1CCCN1C(=O)CN[C@H]1CC[C@@H](CS(=O)(=O)c2ccccn2)C1. The van der Waals surface area contributed by atoms with Gasteiger partial charge in [0.2, 0.25) is 5.91 Å². The number of nitriles is 1. The molecule has 140 valence electrons. The number of nitrogens with one attached hydrogen (secondary N) is 1. The molecule has 2 fully saturated rings. The Bertz CT molecular complexity index is 775. The second kappa shape index (κ2) is 8.14. The molecule has 0 unspecified atom stereocenters. The van der Waals surface area contributed by atoms with Gasteiger partial charge in [0.15, 0.2) is 14.9 Å². The summed E-state index contributed by atoms with van der Waals surface area (Å²) in [5, 5.41) is 12.5. The molecular formula is C18H24N4O3S. The van der Waals surface area contributed by atoms with Crippen LogP contribution in [-0.2, 0) is 14.6 Å². The third kappa shape index (κ3) is 4.40. The maximum Gasteiger partial charge on any atom is 0.237 e. The maximum absolute atomic E-state index is 12.4. The molecule has 0 bridgehead atoms. The number of carbonyl (C=O) groups excluding carboxylic acids is 1. The fourth-order valence-electron chi connectivity index (χ4n) is 3.87. The van der Waals surface area contributed by atoms with Gasteiger partial charge in [-0.3, -0.25) is 4.79 Å². The molecule has 7 nitrogen and oxygen atoms in total. The number of rotatable bonds is 6. The zero-order chi connectivity index (χ0) is 18.6. The Morgan fingerprint density at radius 2 is 2.19 bits per heavy atom. The molecule has 0 aromatic carbocycles. The third-order valence-electron chi connectivity index (χ3n) is 5.22. The first-order chi connectivity index (χ1) is 12.5. The fourth-order valence-corrected chi connectivity index (χ4v) is 5.47. The van der Waals surface area contributed by atoms with Crippen LogP contribution in [0.4, 0.5) is 0 Å². The highest BCUT2D eigenvalue weighted by molar-refractivity contribution is 7.91. The van der Waals surface area contributed by atoms with Gasteiger partial charge in [0, 0.05) is 18.8 Å². The van der Waals surface area contributed by atoms with E-state index < -0.39 is 9.84 Å². The molecule has 0 radical (unpaired) electrons. The van der Waals surface area contributed by atoms with E-state index in [1.54, 1.807) is 17.0 Å². The summed E-state index contributed by atoms with van der Waals surface area (Å²) in [6.45, 7) is 0.858. The van der Waals surface area contributed by atoms with Gasteiger partial charge in [-0.15, -0.1) is 0 Å². The Morgan fingerprint density at radius 1 is 1.35 bits per heavy atom. The molecule has 1 aromatic heterocycles. The van der Waals surface area contributed by atoms with Gasteiger partial charge in [0.05, 0.1) is 18.4 Å². The predicted molar refractivity (Wildman–Crippen MR) is 95.8 cm³/mol. The van der Waals surface area contributed by atoms with Crippen LogP contribution in [0.3, 0.4) is 0 Å². The summed E-state index contributed by atoms with van der Waals surface area (Å²) in [6.07, 6.45) is 5.53. The van der Waals surface area contributed by atoms with Gasteiger partial charge in [-0.25, -0.2) is 13.4 Å². The van der Waals surface area contributed by atoms with Crippen molar-refractivity contribution in [3.05, 3.63) is 24.4 Å². The minimum atomic E-state index is -3.37. The van der Waals surface area contributed by atoms with Crippen molar-refractivity contribution in [1.82, 2.24) is 15.2 Å². The molecule has 1 saturated heterocycles. The third-order valence-corrected chi connectivity index (χ3v) is 7.01. The van der Waals surface area contributed by atoms with Gasteiger partial charge in [-0.2, -0.15) is 5.26 Å². The van der Waals surface area contributed by atoms with Crippen LogP contribution in [0.1, 0.15) is 32.1 Å². The van der Waals surface area contributed by atoms with Crippen molar-refractivity contribution in [3.8, 4) is 6.07 Å². The first kappa shape index (κ1) is 18.8. The van der Waals surface area contributed by atoms with Crippen LogP contribution in [-0.4, -0.2) is 55.1 Å². The molecule has 26 heavy (non-hydrogen) atoms. The lowest BCUT2D eigenvalue weighted by atomic mass is 10.1. The van der Waals surface area contributed by atoms with E-state index in [9.17, 15) is 13.2 Å². The highest BCUT2D eigenvalue weighted by Gasteiger charge is 2.32. The molecule has 2 aliphatic rings. The van der Waals surface area contributed by atoms with Crippen LogP contribution in [0.2, 0.25) is 0 Å². The maximum atomic E-state index is 12.4. The number of amides is 1. The Hall–Kier alpha value is -1.98. The van der Waals surface area contributed by atoms with Gasteiger partial charge >= 0.3 is 0 Å². The molecule has 1 aliphatic heterocycles. The van der Waals surface area contributed by atoms with Crippen LogP contribution in [0.5, 0.6) is 0 Å². The minimum Gasteiger partial charge on any atom is -0.326 e. The van der Waals surface area contributed by atoms with Gasteiger partial charge in [0.25, 0.3) is 0 Å². The second-order valence-corrected chi connectivity index (χ2v) is 9.06. The van der Waals surface area contributed by atoms with Gasteiger partial charge in [0.1, 0.15) is 6.04 Å². The Morgan fingerprint density at radius 3 is 2.92 bits per heavy atom. The van der Waals surface area contributed by atoms with E-state index in [0.29, 0.717) is 6.54 Å². The van der Waals surface area contributed by atoms with Gasteiger partial charge in [-0.1, -0.05) is 6.07 Å². The fraction of sp³-hybridized carbons (Fsp3) is 0.611. The number of likely N-dealkylation sites (tertiary alicyclic amines) is 1. The summed E-state index contributed by atoms with van der Waals surface area (Å²) in [5.41, 5.74) is 0. The average Bonchev–Trinajstić information content (AvgIpc) is 3.29. The van der Waals surface area contributed by atoms with E-state index in [1.165, 1.54) is 12.3 Å². The largest absolute Gasteiger partial charge is 0.326 e. The number of pyridine rings is 1. The number of sulfone groups is 1. The summed E-state index contributed by atoms with van der Waals surface area (Å²) in [6, 6.07) is 6.92. The minimum absolute atomic E-state index is 0.0430. The normalized spacial score (nSPS) is 26.0. The van der Waals surface area contributed by atoms with Crippen LogP contribution in [0, 0.1) is 17.2 Å². The van der Waals surface area contributed by atoms with Crippen molar-refractivity contribution in [2.75, 3.05) is 18.8 Å². The lowest BCUT2D eigenvalue weighted by molar-refractivity contribution is -0.130. The molecule has 1 N–H and O–H groups in total. The average molecular weight is 376 g/mol. The number of nitrogens with zero attached hydrogens (tertiary/aromatic N) is 3. The quantitative estimate of drug-likeness (QED) is 0.798. The zero-order valence-corrected chi connectivity index (χ0v) is 15.5. The van der Waals surface area contributed by atoms with Crippen molar-refractivity contribution in [2.45, 2.75) is 49.2 Å². The molecule has 1 saturated carbocycles. The number of aromatic nitrogens is 1. The van der Waals surface area contributed by atoms with E-state index in [1.807, 2.05) is 0 Å².